The van der Waals surface area contributed by atoms with Crippen LogP contribution in [0.1, 0.15) is 28.8 Å². The molecule has 0 spiro atoms. The third-order valence-corrected chi connectivity index (χ3v) is 6.32. The summed E-state index contributed by atoms with van der Waals surface area (Å²) in [5.41, 5.74) is 2.80. The second kappa shape index (κ2) is 6.92. The molecule has 0 saturated carbocycles. The van der Waals surface area contributed by atoms with Crippen LogP contribution in [0.5, 0.6) is 0 Å². The van der Waals surface area contributed by atoms with E-state index >= 15 is 0 Å². The van der Waals surface area contributed by atoms with Gasteiger partial charge in [0.1, 0.15) is 0 Å². The lowest BCUT2D eigenvalue weighted by molar-refractivity contribution is 0.286. The molecule has 2 aromatic carbocycles. The third-order valence-electron chi connectivity index (χ3n) is 5.32. The molecule has 1 nitrogen and oxygen atoms in total. The minimum absolute atomic E-state index is 0.0429. The maximum Gasteiger partial charge on any atom is 0.0573 e. The summed E-state index contributed by atoms with van der Waals surface area (Å²) in [6, 6.07) is 26.8. The quantitative estimate of drug-likeness (QED) is 0.702. The monoisotopic (exact) mass is 333 g/mol. The molecular formula is C22H23NS. The largest absolute Gasteiger partial charge is 0.317 e. The van der Waals surface area contributed by atoms with Crippen LogP contribution in [0, 0.1) is 5.92 Å². The standard InChI is InChI=1S/C22H23NS/c1-3-8-18(9-4-1)22(21-12-7-17-24-21,19-10-5-2-6-11-19)20-13-15-23-16-14-20/h1-12,17,20,23H,13-16H2. The van der Waals surface area contributed by atoms with Crippen molar-refractivity contribution in [2.45, 2.75) is 18.3 Å². The van der Waals surface area contributed by atoms with Crippen LogP contribution in [-0.4, -0.2) is 13.1 Å². The van der Waals surface area contributed by atoms with Crippen LogP contribution in [0.3, 0.4) is 0 Å². The van der Waals surface area contributed by atoms with E-state index < -0.39 is 0 Å². The van der Waals surface area contributed by atoms with Crippen molar-refractivity contribution in [1.29, 1.82) is 0 Å². The Morgan fingerprint density at radius 1 is 0.750 bits per heavy atom. The van der Waals surface area contributed by atoms with Crippen molar-refractivity contribution in [1.82, 2.24) is 5.32 Å². The average Bonchev–Trinajstić information content (AvgIpc) is 3.20. The van der Waals surface area contributed by atoms with Crippen molar-refractivity contribution in [2.75, 3.05) is 13.1 Å². The average molecular weight is 334 g/mol. The van der Waals surface area contributed by atoms with E-state index in [-0.39, 0.29) is 5.41 Å². The van der Waals surface area contributed by atoms with Crippen LogP contribution in [-0.2, 0) is 5.41 Å². The van der Waals surface area contributed by atoms with Crippen molar-refractivity contribution in [3.05, 3.63) is 94.2 Å². The van der Waals surface area contributed by atoms with Crippen LogP contribution in [0.15, 0.2) is 78.2 Å². The van der Waals surface area contributed by atoms with Crippen LogP contribution in [0.4, 0.5) is 0 Å². The molecule has 4 rings (SSSR count). The lowest BCUT2D eigenvalue weighted by Crippen LogP contribution is -2.43. The summed E-state index contributed by atoms with van der Waals surface area (Å²) in [4.78, 5) is 1.46. The summed E-state index contributed by atoms with van der Waals surface area (Å²) >= 11 is 1.89. The predicted molar refractivity (Wildman–Crippen MR) is 103 cm³/mol. The number of piperidine rings is 1. The van der Waals surface area contributed by atoms with Crippen molar-refractivity contribution >= 4 is 11.3 Å². The molecule has 2 heterocycles. The zero-order valence-electron chi connectivity index (χ0n) is 13.8. The predicted octanol–water partition coefficient (Wildman–Crippen LogP) is 5.08. The minimum Gasteiger partial charge on any atom is -0.317 e. The van der Waals surface area contributed by atoms with Gasteiger partial charge in [0.25, 0.3) is 0 Å². The smallest absolute Gasteiger partial charge is 0.0573 e. The minimum atomic E-state index is -0.0429. The molecule has 1 aliphatic heterocycles. The number of hydrogen-bond donors (Lipinski definition) is 1. The molecule has 0 aliphatic carbocycles. The Kier molecular flexibility index (Phi) is 4.50. The van der Waals surface area contributed by atoms with Crippen molar-refractivity contribution < 1.29 is 0 Å². The van der Waals surface area contributed by atoms with Gasteiger partial charge in [0.2, 0.25) is 0 Å². The molecule has 0 atom stereocenters. The van der Waals surface area contributed by atoms with E-state index in [9.17, 15) is 0 Å². The van der Waals surface area contributed by atoms with Gasteiger partial charge in [-0.05, 0) is 54.4 Å². The van der Waals surface area contributed by atoms with E-state index in [1.165, 1.54) is 28.8 Å². The third kappa shape index (κ3) is 2.60. The second-order valence-electron chi connectivity index (χ2n) is 6.54. The number of nitrogens with one attached hydrogen (secondary N) is 1. The number of benzene rings is 2. The fourth-order valence-corrected chi connectivity index (χ4v) is 5.33. The second-order valence-corrected chi connectivity index (χ2v) is 7.49. The summed E-state index contributed by atoms with van der Waals surface area (Å²) in [5.74, 6) is 0.613. The fraction of sp³-hybridized carbons (Fsp3) is 0.273. The number of rotatable bonds is 4. The van der Waals surface area contributed by atoms with E-state index in [1.807, 2.05) is 11.3 Å². The van der Waals surface area contributed by atoms with Gasteiger partial charge in [-0.1, -0.05) is 66.7 Å². The van der Waals surface area contributed by atoms with Gasteiger partial charge < -0.3 is 5.32 Å². The summed E-state index contributed by atoms with van der Waals surface area (Å²) in [5, 5.41) is 5.76. The van der Waals surface area contributed by atoms with E-state index in [4.69, 9.17) is 0 Å². The fourth-order valence-electron chi connectivity index (χ4n) is 4.28. The Balaban J connectivity index is 1.99. The molecule has 1 aliphatic rings. The molecule has 1 aromatic heterocycles. The normalized spacial score (nSPS) is 16.2. The highest BCUT2D eigenvalue weighted by atomic mass is 32.1. The Bertz CT molecular complexity index is 704. The number of thiophene rings is 1. The summed E-state index contributed by atoms with van der Waals surface area (Å²) in [6.07, 6.45) is 2.42. The molecule has 122 valence electrons. The highest BCUT2D eigenvalue weighted by Crippen LogP contribution is 2.49. The van der Waals surface area contributed by atoms with Crippen LogP contribution in [0.25, 0.3) is 0 Å². The van der Waals surface area contributed by atoms with Crippen LogP contribution >= 0.6 is 11.3 Å². The van der Waals surface area contributed by atoms with E-state index in [0.717, 1.165) is 13.1 Å². The molecule has 1 N–H and O–H groups in total. The first kappa shape index (κ1) is 15.6. The number of hydrogen-bond acceptors (Lipinski definition) is 2. The molecule has 0 radical (unpaired) electrons. The SMILES string of the molecule is c1ccc(C(c2ccccc2)(c2cccs2)C2CCNCC2)cc1. The molecule has 24 heavy (non-hydrogen) atoms. The summed E-state index contributed by atoms with van der Waals surface area (Å²) < 4.78 is 0. The molecule has 2 heteroatoms. The highest BCUT2D eigenvalue weighted by Gasteiger charge is 2.44. The van der Waals surface area contributed by atoms with Gasteiger partial charge in [-0.15, -0.1) is 11.3 Å². The first-order valence-electron chi connectivity index (χ1n) is 8.78. The topological polar surface area (TPSA) is 12.0 Å². The molecule has 1 fully saturated rings. The van der Waals surface area contributed by atoms with Gasteiger partial charge in [-0.3, -0.25) is 0 Å². The zero-order valence-corrected chi connectivity index (χ0v) is 14.6. The molecule has 0 amide bonds. The van der Waals surface area contributed by atoms with Gasteiger partial charge >= 0.3 is 0 Å². The van der Waals surface area contributed by atoms with Gasteiger partial charge in [-0.2, -0.15) is 0 Å². The Morgan fingerprint density at radius 3 is 1.83 bits per heavy atom. The molecule has 0 bridgehead atoms. The Hall–Kier alpha value is -1.90. The lowest BCUT2D eigenvalue weighted by atomic mass is 9.62. The highest BCUT2D eigenvalue weighted by molar-refractivity contribution is 7.10. The van der Waals surface area contributed by atoms with E-state index in [0.29, 0.717) is 5.92 Å². The van der Waals surface area contributed by atoms with Crippen molar-refractivity contribution in [2.24, 2.45) is 5.92 Å². The van der Waals surface area contributed by atoms with Gasteiger partial charge in [0.15, 0.2) is 0 Å². The van der Waals surface area contributed by atoms with Gasteiger partial charge in [-0.25, -0.2) is 0 Å². The summed E-state index contributed by atoms with van der Waals surface area (Å²) in [6.45, 7) is 2.22. The maximum atomic E-state index is 3.54. The van der Waals surface area contributed by atoms with E-state index in [1.54, 1.807) is 0 Å². The summed E-state index contributed by atoms with van der Waals surface area (Å²) in [7, 11) is 0. The van der Waals surface area contributed by atoms with Gasteiger partial charge in [0.05, 0.1) is 5.41 Å². The molecular weight excluding hydrogens is 310 g/mol. The lowest BCUT2D eigenvalue weighted by Gasteiger charge is -2.43. The first-order valence-corrected chi connectivity index (χ1v) is 9.66. The van der Waals surface area contributed by atoms with Crippen molar-refractivity contribution in [3.63, 3.8) is 0 Å². The van der Waals surface area contributed by atoms with Crippen LogP contribution in [0.2, 0.25) is 0 Å². The molecule has 3 aromatic rings. The Morgan fingerprint density at radius 2 is 1.33 bits per heavy atom. The maximum absolute atomic E-state index is 3.54. The zero-order chi connectivity index (χ0) is 16.2. The Labute approximate surface area is 148 Å². The molecule has 1 saturated heterocycles. The first-order chi connectivity index (χ1) is 11.9. The molecule has 0 unspecified atom stereocenters. The van der Waals surface area contributed by atoms with Crippen LogP contribution < -0.4 is 5.32 Å². The van der Waals surface area contributed by atoms with Gasteiger partial charge in [0, 0.05) is 4.88 Å². The van der Waals surface area contributed by atoms with Crippen molar-refractivity contribution in [3.8, 4) is 0 Å². The van der Waals surface area contributed by atoms with E-state index in [2.05, 4.69) is 83.5 Å².